The third-order valence-corrected chi connectivity index (χ3v) is 3.11. The predicted molar refractivity (Wildman–Crippen MR) is 75.7 cm³/mol. The first kappa shape index (κ1) is 14.0. The number of benzene rings is 2. The molecule has 0 bridgehead atoms. The van der Waals surface area contributed by atoms with Crippen LogP contribution >= 0.6 is 0 Å². The fraction of sp³-hybridized carbons (Fsp3) is 0.188. The summed E-state index contributed by atoms with van der Waals surface area (Å²) in [5.41, 5.74) is 2.84. The van der Waals surface area contributed by atoms with Crippen molar-refractivity contribution < 1.29 is 9.50 Å². The van der Waals surface area contributed by atoms with Gasteiger partial charge in [-0.1, -0.05) is 18.2 Å². The minimum absolute atomic E-state index is 0.274. The second-order valence-corrected chi connectivity index (χ2v) is 4.59. The van der Waals surface area contributed by atoms with Crippen LogP contribution in [0.5, 0.6) is 0 Å². The van der Waals surface area contributed by atoms with Crippen LogP contribution in [0, 0.1) is 24.1 Å². The summed E-state index contributed by atoms with van der Waals surface area (Å²) in [7, 11) is 0. The first-order chi connectivity index (χ1) is 9.60. The van der Waals surface area contributed by atoms with Crippen molar-refractivity contribution in [1.82, 2.24) is 0 Å². The normalized spacial score (nSPS) is 11.7. The molecule has 0 aliphatic heterocycles. The fourth-order valence-electron chi connectivity index (χ4n) is 1.89. The smallest absolute Gasteiger partial charge is 0.125 e. The van der Waals surface area contributed by atoms with Gasteiger partial charge in [-0.2, -0.15) is 5.26 Å². The maximum Gasteiger partial charge on any atom is 0.125 e. The molecule has 102 valence electrons. The van der Waals surface area contributed by atoms with Crippen LogP contribution < -0.4 is 5.32 Å². The van der Waals surface area contributed by atoms with Gasteiger partial charge in [-0.15, -0.1) is 0 Å². The first-order valence-electron chi connectivity index (χ1n) is 6.28. The molecule has 0 saturated heterocycles. The van der Waals surface area contributed by atoms with E-state index in [0.717, 1.165) is 5.56 Å². The molecule has 0 spiro atoms. The highest BCUT2D eigenvalue weighted by atomic mass is 19.1. The van der Waals surface area contributed by atoms with E-state index in [1.54, 1.807) is 30.3 Å². The summed E-state index contributed by atoms with van der Waals surface area (Å²) in [5, 5.41) is 21.8. The average Bonchev–Trinajstić information content (AvgIpc) is 2.48. The number of aliphatic hydroxyl groups excluding tert-OH is 1. The second kappa shape index (κ2) is 6.18. The largest absolute Gasteiger partial charge is 0.387 e. The molecule has 0 aliphatic carbocycles. The van der Waals surface area contributed by atoms with E-state index in [1.807, 2.05) is 13.0 Å². The minimum Gasteiger partial charge on any atom is -0.387 e. The molecule has 3 nitrogen and oxygen atoms in total. The summed E-state index contributed by atoms with van der Waals surface area (Å²) in [6.07, 6.45) is -0.717. The molecule has 1 atom stereocenters. The number of anilines is 1. The Morgan fingerprint density at radius 1 is 1.25 bits per heavy atom. The second-order valence-electron chi connectivity index (χ2n) is 4.59. The first-order valence-corrected chi connectivity index (χ1v) is 6.28. The number of aryl methyl sites for hydroxylation is 1. The lowest BCUT2D eigenvalue weighted by Gasteiger charge is -2.14. The van der Waals surface area contributed by atoms with Crippen LogP contribution in [0.3, 0.4) is 0 Å². The van der Waals surface area contributed by atoms with Crippen molar-refractivity contribution in [2.75, 3.05) is 11.9 Å². The fourth-order valence-corrected chi connectivity index (χ4v) is 1.89. The van der Waals surface area contributed by atoms with Gasteiger partial charge in [0, 0.05) is 12.2 Å². The van der Waals surface area contributed by atoms with Crippen LogP contribution in [0.2, 0.25) is 0 Å². The molecule has 2 aromatic rings. The summed E-state index contributed by atoms with van der Waals surface area (Å²) in [5.74, 6) is -0.314. The quantitative estimate of drug-likeness (QED) is 0.897. The Morgan fingerprint density at radius 3 is 2.60 bits per heavy atom. The van der Waals surface area contributed by atoms with E-state index in [-0.39, 0.29) is 12.4 Å². The molecule has 0 fully saturated rings. The molecule has 0 amide bonds. The molecule has 2 aromatic carbocycles. The molecule has 0 aromatic heterocycles. The van der Waals surface area contributed by atoms with Gasteiger partial charge in [-0.3, -0.25) is 0 Å². The minimum atomic E-state index is -0.717. The van der Waals surface area contributed by atoms with Gasteiger partial charge in [0.25, 0.3) is 0 Å². The Morgan fingerprint density at radius 2 is 1.95 bits per heavy atom. The van der Waals surface area contributed by atoms with Crippen molar-refractivity contribution in [3.05, 3.63) is 65.0 Å². The number of hydrogen-bond acceptors (Lipinski definition) is 3. The highest BCUT2D eigenvalue weighted by Gasteiger charge is 2.08. The van der Waals surface area contributed by atoms with E-state index in [1.165, 1.54) is 12.1 Å². The average molecular weight is 270 g/mol. The van der Waals surface area contributed by atoms with E-state index in [9.17, 15) is 9.50 Å². The maximum absolute atomic E-state index is 13.1. The van der Waals surface area contributed by atoms with Crippen LogP contribution in [0.15, 0.2) is 42.5 Å². The Hall–Kier alpha value is -2.38. The third-order valence-electron chi connectivity index (χ3n) is 3.11. The molecule has 0 aliphatic rings. The molecular weight excluding hydrogens is 255 g/mol. The number of hydrogen-bond donors (Lipinski definition) is 2. The zero-order chi connectivity index (χ0) is 14.5. The Kier molecular flexibility index (Phi) is 4.34. The van der Waals surface area contributed by atoms with Gasteiger partial charge in [-0.05, 0) is 42.3 Å². The molecule has 0 heterocycles. The summed E-state index contributed by atoms with van der Waals surface area (Å²) in [4.78, 5) is 0. The summed E-state index contributed by atoms with van der Waals surface area (Å²) in [6.45, 7) is 2.14. The predicted octanol–water partition coefficient (Wildman–Crippen LogP) is 3.15. The SMILES string of the molecule is Cc1ccc(F)cc1NCC(O)c1ccc(C#N)cc1. The summed E-state index contributed by atoms with van der Waals surface area (Å²) < 4.78 is 13.1. The summed E-state index contributed by atoms with van der Waals surface area (Å²) >= 11 is 0. The zero-order valence-corrected chi connectivity index (χ0v) is 11.1. The number of aliphatic hydroxyl groups is 1. The molecule has 1 unspecified atom stereocenters. The summed E-state index contributed by atoms with van der Waals surface area (Å²) in [6, 6.07) is 13.3. The number of nitrogens with zero attached hydrogens (tertiary/aromatic N) is 1. The van der Waals surface area contributed by atoms with E-state index in [2.05, 4.69) is 5.32 Å². The van der Waals surface area contributed by atoms with Crippen LogP contribution in [-0.4, -0.2) is 11.7 Å². The number of rotatable bonds is 4. The van der Waals surface area contributed by atoms with Crippen molar-refractivity contribution in [2.45, 2.75) is 13.0 Å². The van der Waals surface area contributed by atoms with Gasteiger partial charge in [-0.25, -0.2) is 4.39 Å². The van der Waals surface area contributed by atoms with E-state index >= 15 is 0 Å². The van der Waals surface area contributed by atoms with Gasteiger partial charge < -0.3 is 10.4 Å². The maximum atomic E-state index is 13.1. The van der Waals surface area contributed by atoms with Crippen LogP contribution in [-0.2, 0) is 0 Å². The van der Waals surface area contributed by atoms with E-state index < -0.39 is 6.10 Å². The van der Waals surface area contributed by atoms with Crippen molar-refractivity contribution in [3.63, 3.8) is 0 Å². The monoisotopic (exact) mass is 270 g/mol. The van der Waals surface area contributed by atoms with Crippen LogP contribution in [0.1, 0.15) is 22.8 Å². The topological polar surface area (TPSA) is 56.0 Å². The van der Waals surface area contributed by atoms with Crippen LogP contribution in [0.25, 0.3) is 0 Å². The zero-order valence-electron chi connectivity index (χ0n) is 11.1. The van der Waals surface area contributed by atoms with Gasteiger partial charge in [0.1, 0.15) is 5.82 Å². The lowest BCUT2D eigenvalue weighted by atomic mass is 10.1. The van der Waals surface area contributed by atoms with E-state index in [0.29, 0.717) is 16.8 Å². The molecule has 2 N–H and O–H groups in total. The standard InChI is InChI=1S/C16H15FN2O/c1-11-2-7-14(17)8-15(11)19-10-16(20)13-5-3-12(9-18)4-6-13/h2-8,16,19-20H,10H2,1H3. The highest BCUT2D eigenvalue weighted by molar-refractivity contribution is 5.51. The van der Waals surface area contributed by atoms with Gasteiger partial charge in [0.05, 0.1) is 17.7 Å². The van der Waals surface area contributed by atoms with Crippen LogP contribution in [0.4, 0.5) is 10.1 Å². The highest BCUT2D eigenvalue weighted by Crippen LogP contribution is 2.19. The Balaban J connectivity index is 2.02. The third kappa shape index (κ3) is 3.34. The van der Waals surface area contributed by atoms with Crippen molar-refractivity contribution in [1.29, 1.82) is 5.26 Å². The molecule has 2 rings (SSSR count). The lowest BCUT2D eigenvalue weighted by molar-refractivity contribution is 0.191. The number of nitrogens with one attached hydrogen (secondary N) is 1. The molecule has 0 radical (unpaired) electrons. The van der Waals surface area contributed by atoms with E-state index in [4.69, 9.17) is 5.26 Å². The number of halogens is 1. The van der Waals surface area contributed by atoms with Gasteiger partial charge >= 0.3 is 0 Å². The van der Waals surface area contributed by atoms with Gasteiger partial charge in [0.15, 0.2) is 0 Å². The molecular formula is C16H15FN2O. The Bertz CT molecular complexity index is 632. The van der Waals surface area contributed by atoms with Gasteiger partial charge in [0.2, 0.25) is 0 Å². The molecule has 20 heavy (non-hydrogen) atoms. The van der Waals surface area contributed by atoms with Crippen molar-refractivity contribution in [3.8, 4) is 6.07 Å². The van der Waals surface area contributed by atoms with Crippen molar-refractivity contribution >= 4 is 5.69 Å². The number of nitriles is 1. The molecule has 4 heteroatoms. The molecule has 0 saturated carbocycles. The Labute approximate surface area is 117 Å². The lowest BCUT2D eigenvalue weighted by Crippen LogP contribution is -2.13. The van der Waals surface area contributed by atoms with Crippen molar-refractivity contribution in [2.24, 2.45) is 0 Å².